The van der Waals surface area contributed by atoms with E-state index in [1.54, 1.807) is 12.4 Å². The molecule has 5 nitrogen and oxygen atoms in total. The topological polar surface area (TPSA) is 61.0 Å². The molecular weight excluding hydrogens is 314 g/mol. The molecule has 5 heteroatoms. The number of aromatic nitrogens is 3. The van der Waals surface area contributed by atoms with Crippen molar-refractivity contribution in [1.82, 2.24) is 15.1 Å². The maximum absolute atomic E-state index is 6.25. The van der Waals surface area contributed by atoms with E-state index in [9.17, 15) is 0 Å². The van der Waals surface area contributed by atoms with E-state index < -0.39 is 0 Å². The fourth-order valence-electron chi connectivity index (χ4n) is 3.25. The van der Waals surface area contributed by atoms with Gasteiger partial charge in [-0.2, -0.15) is 4.98 Å². The molecule has 0 amide bonds. The maximum atomic E-state index is 6.25. The van der Waals surface area contributed by atoms with Crippen LogP contribution in [-0.4, -0.2) is 21.2 Å². The van der Waals surface area contributed by atoms with Crippen LogP contribution in [0.4, 0.5) is 0 Å². The van der Waals surface area contributed by atoms with Crippen LogP contribution < -0.4 is 4.74 Å². The summed E-state index contributed by atoms with van der Waals surface area (Å²) in [7, 11) is 0. The Morgan fingerprint density at radius 3 is 2.72 bits per heavy atom. The Labute approximate surface area is 147 Å². The summed E-state index contributed by atoms with van der Waals surface area (Å²) in [6, 6.07) is 8.00. The number of hydrogen-bond donors (Lipinski definition) is 0. The molecule has 1 saturated carbocycles. The Morgan fingerprint density at radius 1 is 1.08 bits per heavy atom. The van der Waals surface area contributed by atoms with E-state index in [0.29, 0.717) is 11.7 Å². The van der Waals surface area contributed by atoms with Crippen LogP contribution >= 0.6 is 0 Å². The lowest BCUT2D eigenvalue weighted by Crippen LogP contribution is -2.11. The van der Waals surface area contributed by atoms with Gasteiger partial charge in [0.25, 0.3) is 5.89 Å². The Morgan fingerprint density at radius 2 is 1.92 bits per heavy atom. The van der Waals surface area contributed by atoms with Gasteiger partial charge in [-0.05, 0) is 68.9 Å². The summed E-state index contributed by atoms with van der Waals surface area (Å²) in [5.74, 6) is 1.90. The number of rotatable bonds is 4. The molecule has 1 aromatic carbocycles. The molecule has 128 valence electrons. The van der Waals surface area contributed by atoms with Gasteiger partial charge in [0.15, 0.2) is 0 Å². The average Bonchev–Trinajstić information content (AvgIpc) is 3.27. The molecule has 25 heavy (non-hydrogen) atoms. The molecule has 1 aliphatic carbocycles. The summed E-state index contributed by atoms with van der Waals surface area (Å²) in [5.41, 5.74) is 3.94. The zero-order chi connectivity index (χ0) is 17.2. The van der Waals surface area contributed by atoms with Crippen molar-refractivity contribution < 1.29 is 9.26 Å². The first-order chi connectivity index (χ1) is 12.2. The van der Waals surface area contributed by atoms with Crippen molar-refractivity contribution in [3.63, 3.8) is 0 Å². The van der Waals surface area contributed by atoms with Gasteiger partial charge < -0.3 is 9.26 Å². The largest absolute Gasteiger partial charge is 0.490 e. The smallest absolute Gasteiger partial charge is 0.258 e. The van der Waals surface area contributed by atoms with Crippen molar-refractivity contribution >= 4 is 0 Å². The van der Waals surface area contributed by atoms with Crippen LogP contribution in [0.15, 0.2) is 41.2 Å². The van der Waals surface area contributed by atoms with E-state index in [2.05, 4.69) is 28.1 Å². The van der Waals surface area contributed by atoms with Gasteiger partial charge >= 0.3 is 0 Å². The number of benzene rings is 1. The third-order valence-electron chi connectivity index (χ3n) is 4.65. The van der Waals surface area contributed by atoms with Gasteiger partial charge in [-0.3, -0.25) is 4.98 Å². The van der Waals surface area contributed by atoms with E-state index in [-0.39, 0.29) is 6.10 Å². The summed E-state index contributed by atoms with van der Waals surface area (Å²) in [6.45, 7) is 4.04. The Hall–Kier alpha value is -2.69. The van der Waals surface area contributed by atoms with Gasteiger partial charge in [-0.15, -0.1) is 0 Å². The standard InChI is InChI=1S/C20H21N3O2/c1-13-7-8-17(18(11-13)24-15-5-3-4-6-15)19-22-20(25-23-19)16-9-10-21-12-14(16)2/h7-12,15H,3-6H2,1-2H3. The van der Waals surface area contributed by atoms with E-state index >= 15 is 0 Å². The molecule has 0 N–H and O–H groups in total. The Balaban J connectivity index is 1.69. The molecule has 1 aliphatic rings. The van der Waals surface area contributed by atoms with Crippen LogP contribution in [0.1, 0.15) is 36.8 Å². The lowest BCUT2D eigenvalue weighted by Gasteiger charge is -2.15. The van der Waals surface area contributed by atoms with E-state index in [0.717, 1.165) is 40.8 Å². The van der Waals surface area contributed by atoms with E-state index in [1.807, 2.05) is 25.1 Å². The van der Waals surface area contributed by atoms with Crippen molar-refractivity contribution in [2.75, 3.05) is 0 Å². The molecule has 0 aliphatic heterocycles. The Bertz CT molecular complexity index is 882. The van der Waals surface area contributed by atoms with Crippen molar-refractivity contribution in [1.29, 1.82) is 0 Å². The highest BCUT2D eigenvalue weighted by molar-refractivity contribution is 5.67. The molecule has 0 radical (unpaired) electrons. The van der Waals surface area contributed by atoms with Crippen LogP contribution in [0, 0.1) is 13.8 Å². The molecule has 0 atom stereocenters. The molecule has 3 aromatic rings. The predicted molar refractivity (Wildman–Crippen MR) is 95.3 cm³/mol. The van der Waals surface area contributed by atoms with E-state index in [4.69, 9.17) is 9.26 Å². The monoisotopic (exact) mass is 335 g/mol. The van der Waals surface area contributed by atoms with Crippen LogP contribution in [0.2, 0.25) is 0 Å². The second-order valence-electron chi connectivity index (χ2n) is 6.64. The number of nitrogens with zero attached hydrogens (tertiary/aromatic N) is 3. The predicted octanol–water partition coefficient (Wildman–Crippen LogP) is 4.74. The molecule has 0 bridgehead atoms. The minimum atomic E-state index is 0.286. The molecule has 1 fully saturated rings. The zero-order valence-electron chi connectivity index (χ0n) is 14.5. The molecule has 0 unspecified atom stereocenters. The number of ether oxygens (including phenoxy) is 1. The minimum absolute atomic E-state index is 0.286. The normalized spacial score (nSPS) is 14.8. The molecule has 4 rings (SSSR count). The van der Waals surface area contributed by atoms with Crippen molar-refractivity contribution in [3.05, 3.63) is 47.8 Å². The summed E-state index contributed by atoms with van der Waals surface area (Å²) in [4.78, 5) is 8.70. The number of hydrogen-bond acceptors (Lipinski definition) is 5. The lowest BCUT2D eigenvalue weighted by molar-refractivity contribution is 0.210. The van der Waals surface area contributed by atoms with Crippen molar-refractivity contribution in [3.8, 4) is 28.6 Å². The second kappa shape index (κ2) is 6.67. The molecule has 0 spiro atoms. The SMILES string of the molecule is Cc1ccc(-c2noc(-c3ccncc3C)n2)c(OC2CCCC2)c1. The number of aryl methyl sites for hydroxylation is 2. The summed E-state index contributed by atoms with van der Waals surface area (Å²) in [5, 5.41) is 4.18. The maximum Gasteiger partial charge on any atom is 0.258 e. The third kappa shape index (κ3) is 3.27. The zero-order valence-corrected chi connectivity index (χ0v) is 14.5. The van der Waals surface area contributed by atoms with Gasteiger partial charge in [-0.25, -0.2) is 0 Å². The van der Waals surface area contributed by atoms with E-state index in [1.165, 1.54) is 12.8 Å². The highest BCUT2D eigenvalue weighted by Crippen LogP contribution is 2.34. The summed E-state index contributed by atoms with van der Waals surface area (Å²) < 4.78 is 11.7. The van der Waals surface area contributed by atoms with Crippen LogP contribution in [0.3, 0.4) is 0 Å². The van der Waals surface area contributed by atoms with Gasteiger partial charge in [0, 0.05) is 18.0 Å². The minimum Gasteiger partial charge on any atom is -0.490 e. The molecular formula is C20H21N3O2. The fourth-order valence-corrected chi connectivity index (χ4v) is 3.25. The van der Waals surface area contributed by atoms with Crippen LogP contribution in [-0.2, 0) is 0 Å². The number of pyridine rings is 1. The quantitative estimate of drug-likeness (QED) is 0.689. The van der Waals surface area contributed by atoms with Crippen molar-refractivity contribution in [2.24, 2.45) is 0 Å². The summed E-state index contributed by atoms with van der Waals surface area (Å²) >= 11 is 0. The van der Waals surface area contributed by atoms with Gasteiger partial charge in [-0.1, -0.05) is 11.2 Å². The van der Waals surface area contributed by atoms with Gasteiger partial charge in [0.05, 0.1) is 11.7 Å². The van der Waals surface area contributed by atoms with Gasteiger partial charge in [0.2, 0.25) is 5.82 Å². The second-order valence-corrected chi connectivity index (χ2v) is 6.64. The fraction of sp³-hybridized carbons (Fsp3) is 0.350. The highest BCUT2D eigenvalue weighted by atomic mass is 16.5. The van der Waals surface area contributed by atoms with Crippen LogP contribution in [0.25, 0.3) is 22.8 Å². The van der Waals surface area contributed by atoms with Gasteiger partial charge in [0.1, 0.15) is 5.75 Å². The molecule has 2 heterocycles. The first-order valence-electron chi connectivity index (χ1n) is 8.73. The lowest BCUT2D eigenvalue weighted by atomic mass is 10.1. The first kappa shape index (κ1) is 15.8. The summed E-state index contributed by atoms with van der Waals surface area (Å²) in [6.07, 6.45) is 8.50. The Kier molecular flexibility index (Phi) is 4.22. The van der Waals surface area contributed by atoms with Crippen molar-refractivity contribution in [2.45, 2.75) is 45.6 Å². The first-order valence-corrected chi connectivity index (χ1v) is 8.73. The van der Waals surface area contributed by atoms with Crippen LogP contribution in [0.5, 0.6) is 5.75 Å². The third-order valence-corrected chi connectivity index (χ3v) is 4.65. The molecule has 2 aromatic heterocycles. The molecule has 0 saturated heterocycles. The highest BCUT2D eigenvalue weighted by Gasteiger charge is 2.21. The average molecular weight is 335 g/mol.